The van der Waals surface area contributed by atoms with E-state index < -0.39 is 23.2 Å². The average Bonchev–Trinajstić information content (AvgIpc) is 2.57. The number of nitrogens with zero attached hydrogens (tertiary/aromatic N) is 2. The van der Waals surface area contributed by atoms with Crippen LogP contribution >= 0.6 is 0 Å². The van der Waals surface area contributed by atoms with Gasteiger partial charge in [0.05, 0.1) is 17.7 Å². The second-order valence-corrected chi connectivity index (χ2v) is 5.82. The smallest absolute Gasteiger partial charge is 0.326 e. The fraction of sp³-hybridized carbons (Fsp3) is 0.471. The first kappa shape index (κ1) is 17.8. The van der Waals surface area contributed by atoms with Crippen LogP contribution in [-0.2, 0) is 11.0 Å². The summed E-state index contributed by atoms with van der Waals surface area (Å²) in [5, 5.41) is 20.2. The summed E-state index contributed by atoms with van der Waals surface area (Å²) in [5.41, 5.74) is -1.45. The number of alkyl halides is 3. The second-order valence-electron chi connectivity index (χ2n) is 5.82. The maximum absolute atomic E-state index is 13.2. The topological polar surface area (TPSA) is 76.7 Å². The molecule has 1 aromatic carbocycles. The minimum atomic E-state index is -4.72. The number of nitriles is 2. The van der Waals surface area contributed by atoms with E-state index in [2.05, 4.69) is 5.32 Å². The van der Waals surface area contributed by atoms with Gasteiger partial charge in [0.2, 0.25) is 5.91 Å². The second kappa shape index (κ2) is 7.35. The zero-order valence-corrected chi connectivity index (χ0v) is 12.9. The monoisotopic (exact) mass is 335 g/mol. The van der Waals surface area contributed by atoms with Crippen molar-refractivity contribution in [2.24, 2.45) is 5.92 Å². The van der Waals surface area contributed by atoms with Crippen LogP contribution in [-0.4, -0.2) is 5.91 Å². The molecule has 1 aromatic rings. The number of nitrogens with one attached hydrogen (secondary N) is 1. The van der Waals surface area contributed by atoms with Crippen molar-refractivity contribution in [1.82, 2.24) is 0 Å². The Morgan fingerprint density at radius 3 is 2.33 bits per heavy atom. The molecule has 4 nitrogen and oxygen atoms in total. The highest BCUT2D eigenvalue weighted by Crippen LogP contribution is 2.37. The Kier molecular flexibility index (Phi) is 5.46. The van der Waals surface area contributed by atoms with Gasteiger partial charge in [0.1, 0.15) is 0 Å². The molecule has 1 saturated carbocycles. The van der Waals surface area contributed by atoms with Gasteiger partial charge in [0.25, 0.3) is 0 Å². The van der Waals surface area contributed by atoms with E-state index >= 15 is 0 Å². The highest BCUT2D eigenvalue weighted by atomic mass is 19.4. The lowest BCUT2D eigenvalue weighted by molar-refractivity contribution is -0.138. The van der Waals surface area contributed by atoms with Crippen molar-refractivity contribution in [1.29, 1.82) is 10.5 Å². The van der Waals surface area contributed by atoms with Crippen LogP contribution in [0.5, 0.6) is 0 Å². The van der Waals surface area contributed by atoms with Crippen LogP contribution in [0.1, 0.15) is 49.1 Å². The summed E-state index contributed by atoms with van der Waals surface area (Å²) in [5.74, 6) is -1.98. The van der Waals surface area contributed by atoms with Gasteiger partial charge in [0.15, 0.2) is 5.92 Å². The molecular formula is C17H16F3N3O. The molecule has 0 saturated heterocycles. The van der Waals surface area contributed by atoms with E-state index in [1.54, 1.807) is 12.1 Å². The van der Waals surface area contributed by atoms with Gasteiger partial charge in [0, 0.05) is 11.6 Å². The van der Waals surface area contributed by atoms with E-state index in [0.29, 0.717) is 0 Å². The lowest BCUT2D eigenvalue weighted by atomic mass is 9.88. The summed E-state index contributed by atoms with van der Waals surface area (Å²) < 4.78 is 39.7. The molecule has 0 atom stereocenters. The molecule has 0 bridgehead atoms. The fourth-order valence-corrected chi connectivity index (χ4v) is 2.91. The minimum absolute atomic E-state index is 0.0243. The van der Waals surface area contributed by atoms with Crippen LogP contribution in [0, 0.1) is 28.6 Å². The van der Waals surface area contributed by atoms with E-state index in [-0.39, 0.29) is 17.5 Å². The van der Waals surface area contributed by atoms with E-state index in [1.807, 2.05) is 0 Å². The standard InChI is InChI=1S/C17H16F3N3O/c18-17(19,20)15-8-13(6-7-14(15)12(9-21)10-22)23-16(24)11-4-2-1-3-5-11/h6-8,11-12H,1-5H2,(H,23,24). The summed E-state index contributed by atoms with van der Waals surface area (Å²) in [4.78, 5) is 12.2. The summed E-state index contributed by atoms with van der Waals surface area (Å²) in [6.07, 6.45) is -0.289. The molecule has 1 fully saturated rings. The van der Waals surface area contributed by atoms with Crippen LogP contribution < -0.4 is 5.32 Å². The third-order valence-electron chi connectivity index (χ3n) is 4.17. The molecule has 0 radical (unpaired) electrons. The van der Waals surface area contributed by atoms with Crippen molar-refractivity contribution >= 4 is 11.6 Å². The number of benzene rings is 1. The summed E-state index contributed by atoms with van der Waals surface area (Å²) in [6, 6.07) is 6.26. The van der Waals surface area contributed by atoms with Crippen molar-refractivity contribution in [3.05, 3.63) is 29.3 Å². The van der Waals surface area contributed by atoms with Crippen LogP contribution in [0.25, 0.3) is 0 Å². The molecular weight excluding hydrogens is 319 g/mol. The van der Waals surface area contributed by atoms with Crippen molar-refractivity contribution in [2.75, 3.05) is 5.32 Å². The van der Waals surface area contributed by atoms with Gasteiger partial charge in [-0.2, -0.15) is 23.7 Å². The molecule has 0 unspecified atom stereocenters. The van der Waals surface area contributed by atoms with Crippen LogP contribution in [0.3, 0.4) is 0 Å². The van der Waals surface area contributed by atoms with E-state index in [1.165, 1.54) is 6.07 Å². The number of hydrogen-bond donors (Lipinski definition) is 1. The molecule has 24 heavy (non-hydrogen) atoms. The summed E-state index contributed by atoms with van der Waals surface area (Å²) in [6.45, 7) is 0. The number of amides is 1. The summed E-state index contributed by atoms with van der Waals surface area (Å²) in [7, 11) is 0. The van der Waals surface area contributed by atoms with Gasteiger partial charge < -0.3 is 5.32 Å². The van der Waals surface area contributed by atoms with Crippen LogP contribution in [0.2, 0.25) is 0 Å². The molecule has 0 spiro atoms. The predicted molar refractivity (Wildman–Crippen MR) is 80.6 cm³/mol. The molecule has 1 N–H and O–H groups in total. The van der Waals surface area contributed by atoms with Gasteiger partial charge in [-0.25, -0.2) is 0 Å². The Morgan fingerprint density at radius 2 is 1.79 bits per heavy atom. The lowest BCUT2D eigenvalue weighted by Gasteiger charge is -2.21. The molecule has 0 aromatic heterocycles. The number of rotatable bonds is 3. The fourth-order valence-electron chi connectivity index (χ4n) is 2.91. The lowest BCUT2D eigenvalue weighted by Crippen LogP contribution is -2.25. The number of halogens is 3. The van der Waals surface area contributed by atoms with Gasteiger partial charge in [-0.1, -0.05) is 25.3 Å². The Bertz CT molecular complexity index is 681. The van der Waals surface area contributed by atoms with Crippen molar-refractivity contribution in [2.45, 2.75) is 44.2 Å². The SMILES string of the molecule is N#CC(C#N)c1ccc(NC(=O)C2CCCCC2)cc1C(F)(F)F. The largest absolute Gasteiger partial charge is 0.416 e. The Hall–Kier alpha value is -2.54. The van der Waals surface area contributed by atoms with Crippen LogP contribution in [0.4, 0.5) is 18.9 Å². The van der Waals surface area contributed by atoms with Crippen molar-refractivity contribution < 1.29 is 18.0 Å². The van der Waals surface area contributed by atoms with E-state index in [0.717, 1.165) is 44.2 Å². The van der Waals surface area contributed by atoms with Gasteiger partial charge in [-0.3, -0.25) is 4.79 Å². The number of carbonyl (C=O) groups excluding carboxylic acids is 1. The first-order valence-electron chi connectivity index (χ1n) is 7.68. The van der Waals surface area contributed by atoms with Crippen LogP contribution in [0.15, 0.2) is 18.2 Å². The van der Waals surface area contributed by atoms with Crippen molar-refractivity contribution in [3.8, 4) is 12.1 Å². The molecule has 1 aliphatic carbocycles. The quantitative estimate of drug-likeness (QED) is 0.892. The first-order chi connectivity index (χ1) is 11.4. The molecule has 1 amide bonds. The first-order valence-corrected chi connectivity index (χ1v) is 7.68. The zero-order chi connectivity index (χ0) is 17.7. The Morgan fingerprint density at radius 1 is 1.17 bits per heavy atom. The van der Waals surface area contributed by atoms with Gasteiger partial charge >= 0.3 is 6.18 Å². The Labute approximate surface area is 137 Å². The molecule has 7 heteroatoms. The zero-order valence-electron chi connectivity index (χ0n) is 12.9. The molecule has 0 aliphatic heterocycles. The normalized spacial score (nSPS) is 15.6. The number of anilines is 1. The number of hydrogen-bond acceptors (Lipinski definition) is 3. The van der Waals surface area contributed by atoms with Gasteiger partial charge in [-0.05, 0) is 30.5 Å². The van der Waals surface area contributed by atoms with E-state index in [4.69, 9.17) is 10.5 Å². The third kappa shape index (κ3) is 4.05. The summed E-state index contributed by atoms with van der Waals surface area (Å²) >= 11 is 0. The maximum atomic E-state index is 13.2. The molecule has 1 aliphatic rings. The predicted octanol–water partition coefficient (Wildman–Crippen LogP) is 4.35. The molecule has 0 heterocycles. The molecule has 2 rings (SSSR count). The highest BCUT2D eigenvalue weighted by molar-refractivity contribution is 5.92. The Balaban J connectivity index is 2.28. The van der Waals surface area contributed by atoms with Crippen molar-refractivity contribution in [3.63, 3.8) is 0 Å². The minimum Gasteiger partial charge on any atom is -0.326 e. The average molecular weight is 335 g/mol. The maximum Gasteiger partial charge on any atom is 0.416 e. The third-order valence-corrected chi connectivity index (χ3v) is 4.17. The van der Waals surface area contributed by atoms with Gasteiger partial charge in [-0.15, -0.1) is 0 Å². The number of carbonyl (C=O) groups is 1. The highest BCUT2D eigenvalue weighted by Gasteiger charge is 2.36. The van der Waals surface area contributed by atoms with E-state index in [9.17, 15) is 18.0 Å². The molecule has 126 valence electrons.